The second-order valence-electron chi connectivity index (χ2n) is 6.87. The molecule has 2 aromatic heterocycles. The second kappa shape index (κ2) is 7.59. The summed E-state index contributed by atoms with van der Waals surface area (Å²) in [4.78, 5) is 17.1. The van der Waals surface area contributed by atoms with Gasteiger partial charge in [0.25, 0.3) is 15.9 Å². The Bertz CT molecular complexity index is 1090. The van der Waals surface area contributed by atoms with Gasteiger partial charge in [0.05, 0.1) is 11.1 Å². The summed E-state index contributed by atoms with van der Waals surface area (Å²) in [6, 6.07) is 9.71. The molecule has 0 saturated heterocycles. The predicted molar refractivity (Wildman–Crippen MR) is 105 cm³/mol. The molecule has 1 aromatic carbocycles. The van der Waals surface area contributed by atoms with Crippen molar-refractivity contribution in [1.82, 2.24) is 19.9 Å². The lowest BCUT2D eigenvalue weighted by atomic mass is 9.95. The van der Waals surface area contributed by atoms with Gasteiger partial charge in [-0.25, -0.2) is 17.9 Å². The van der Waals surface area contributed by atoms with E-state index in [0.717, 1.165) is 25.7 Å². The van der Waals surface area contributed by atoms with E-state index in [-0.39, 0.29) is 22.7 Å². The quantitative estimate of drug-likeness (QED) is 0.686. The highest BCUT2D eigenvalue weighted by atomic mass is 32.2. The molecule has 0 bridgehead atoms. The molecule has 0 spiro atoms. The Hall–Kier alpha value is -2.94. The average molecular weight is 399 g/mol. The zero-order valence-electron chi connectivity index (χ0n) is 15.2. The standard InChI is InChI=1S/C19H21N5O3S/c25-19(21-14-7-3-1-4-8-14)16-13-20-24-12-11-17(22-18(16)24)23-28(26,27)15-9-5-2-6-10-15/h2,5-6,9-14H,1,3-4,7-8H2,(H,21,25)(H,22,23). The first-order chi connectivity index (χ1) is 13.5. The van der Waals surface area contributed by atoms with Crippen molar-refractivity contribution >= 4 is 27.4 Å². The van der Waals surface area contributed by atoms with Gasteiger partial charge in [-0.15, -0.1) is 0 Å². The Morgan fingerprint density at radius 2 is 1.82 bits per heavy atom. The molecule has 2 N–H and O–H groups in total. The number of nitrogens with zero attached hydrogens (tertiary/aromatic N) is 3. The van der Waals surface area contributed by atoms with Gasteiger partial charge in [0, 0.05) is 12.2 Å². The minimum atomic E-state index is -3.76. The molecule has 0 radical (unpaired) electrons. The molecule has 9 heteroatoms. The number of carbonyl (C=O) groups excluding carboxylic acids is 1. The van der Waals surface area contributed by atoms with Gasteiger partial charge in [-0.1, -0.05) is 37.5 Å². The van der Waals surface area contributed by atoms with Gasteiger partial charge in [0.15, 0.2) is 5.65 Å². The van der Waals surface area contributed by atoms with Crippen LogP contribution in [-0.2, 0) is 10.0 Å². The highest BCUT2D eigenvalue weighted by molar-refractivity contribution is 7.92. The molecule has 1 saturated carbocycles. The topological polar surface area (TPSA) is 105 Å². The minimum absolute atomic E-state index is 0.128. The first-order valence-corrected chi connectivity index (χ1v) is 10.7. The molecule has 1 aliphatic rings. The van der Waals surface area contributed by atoms with E-state index < -0.39 is 10.0 Å². The van der Waals surface area contributed by atoms with Crippen molar-refractivity contribution in [3.05, 3.63) is 54.4 Å². The Kier molecular flexibility index (Phi) is 4.99. The molecule has 1 fully saturated rings. The van der Waals surface area contributed by atoms with Crippen molar-refractivity contribution in [3.8, 4) is 0 Å². The largest absolute Gasteiger partial charge is 0.349 e. The van der Waals surface area contributed by atoms with Crippen LogP contribution in [0.4, 0.5) is 5.82 Å². The number of anilines is 1. The van der Waals surface area contributed by atoms with Crippen LogP contribution in [0, 0.1) is 0 Å². The van der Waals surface area contributed by atoms with E-state index in [4.69, 9.17) is 0 Å². The van der Waals surface area contributed by atoms with Crippen LogP contribution in [0.15, 0.2) is 53.7 Å². The maximum Gasteiger partial charge on any atom is 0.263 e. The first-order valence-electron chi connectivity index (χ1n) is 9.26. The van der Waals surface area contributed by atoms with Crippen LogP contribution >= 0.6 is 0 Å². The van der Waals surface area contributed by atoms with Crippen LogP contribution in [0.5, 0.6) is 0 Å². The SMILES string of the molecule is O=C(NC1CCCCC1)c1cnn2ccc(NS(=O)(=O)c3ccccc3)nc12. The van der Waals surface area contributed by atoms with Crippen LogP contribution in [0.25, 0.3) is 5.65 Å². The summed E-state index contributed by atoms with van der Waals surface area (Å²) >= 11 is 0. The summed E-state index contributed by atoms with van der Waals surface area (Å²) in [5.74, 6) is -0.110. The molecule has 4 rings (SSSR count). The number of aromatic nitrogens is 3. The van der Waals surface area contributed by atoms with Crippen molar-refractivity contribution < 1.29 is 13.2 Å². The van der Waals surface area contributed by atoms with Gasteiger partial charge in [-0.05, 0) is 31.0 Å². The number of rotatable bonds is 5. The molecule has 28 heavy (non-hydrogen) atoms. The number of hydrogen-bond acceptors (Lipinski definition) is 5. The van der Waals surface area contributed by atoms with Crippen LogP contribution in [0.1, 0.15) is 42.5 Å². The molecule has 0 aliphatic heterocycles. The third kappa shape index (κ3) is 3.84. The summed E-state index contributed by atoms with van der Waals surface area (Å²) in [5.41, 5.74) is 0.632. The maximum absolute atomic E-state index is 12.7. The Morgan fingerprint density at radius 3 is 2.57 bits per heavy atom. The van der Waals surface area contributed by atoms with Gasteiger partial charge in [-0.2, -0.15) is 5.10 Å². The molecule has 3 aromatic rings. The minimum Gasteiger partial charge on any atom is -0.349 e. The summed E-state index contributed by atoms with van der Waals surface area (Å²) in [6.45, 7) is 0. The van der Waals surface area contributed by atoms with Gasteiger partial charge in [0.1, 0.15) is 11.4 Å². The smallest absolute Gasteiger partial charge is 0.263 e. The maximum atomic E-state index is 12.7. The number of amides is 1. The van der Waals surface area contributed by atoms with Crippen molar-refractivity contribution in [2.45, 2.75) is 43.0 Å². The van der Waals surface area contributed by atoms with Crippen molar-refractivity contribution in [2.24, 2.45) is 0 Å². The van der Waals surface area contributed by atoms with Crippen molar-refractivity contribution in [1.29, 1.82) is 0 Å². The zero-order valence-corrected chi connectivity index (χ0v) is 16.0. The molecule has 0 unspecified atom stereocenters. The molecule has 1 aliphatic carbocycles. The van der Waals surface area contributed by atoms with E-state index in [1.54, 1.807) is 24.4 Å². The van der Waals surface area contributed by atoms with Gasteiger partial charge < -0.3 is 5.32 Å². The monoisotopic (exact) mass is 399 g/mol. The fourth-order valence-corrected chi connectivity index (χ4v) is 4.41. The van der Waals surface area contributed by atoms with E-state index in [1.165, 1.54) is 35.3 Å². The van der Waals surface area contributed by atoms with E-state index in [2.05, 4.69) is 20.1 Å². The molecular formula is C19H21N5O3S. The number of carbonyl (C=O) groups is 1. The van der Waals surface area contributed by atoms with Gasteiger partial charge in [0.2, 0.25) is 0 Å². The number of benzene rings is 1. The molecule has 2 heterocycles. The van der Waals surface area contributed by atoms with E-state index >= 15 is 0 Å². The molecule has 1 amide bonds. The van der Waals surface area contributed by atoms with Gasteiger partial charge >= 0.3 is 0 Å². The lowest BCUT2D eigenvalue weighted by molar-refractivity contribution is 0.0929. The number of hydrogen-bond donors (Lipinski definition) is 2. The third-order valence-electron chi connectivity index (χ3n) is 4.85. The van der Waals surface area contributed by atoms with Crippen LogP contribution < -0.4 is 10.0 Å². The highest BCUT2D eigenvalue weighted by Crippen LogP contribution is 2.19. The van der Waals surface area contributed by atoms with E-state index in [1.807, 2.05) is 0 Å². The third-order valence-corrected chi connectivity index (χ3v) is 6.22. The average Bonchev–Trinajstić information content (AvgIpc) is 3.12. The van der Waals surface area contributed by atoms with Crippen molar-refractivity contribution in [2.75, 3.05) is 4.72 Å². The van der Waals surface area contributed by atoms with Crippen molar-refractivity contribution in [3.63, 3.8) is 0 Å². The second-order valence-corrected chi connectivity index (χ2v) is 8.55. The summed E-state index contributed by atoms with van der Waals surface area (Å²) in [5, 5.41) is 7.18. The lowest BCUT2D eigenvalue weighted by Gasteiger charge is -2.22. The number of sulfonamides is 1. The summed E-state index contributed by atoms with van der Waals surface area (Å²) in [6.07, 6.45) is 8.40. The summed E-state index contributed by atoms with van der Waals surface area (Å²) < 4.78 is 28.9. The molecule has 0 atom stereocenters. The molecule has 146 valence electrons. The fourth-order valence-electron chi connectivity index (χ4n) is 3.39. The summed E-state index contributed by atoms with van der Waals surface area (Å²) in [7, 11) is -3.76. The number of nitrogens with one attached hydrogen (secondary N) is 2. The van der Waals surface area contributed by atoms with Crippen LogP contribution in [-0.4, -0.2) is 35.0 Å². The lowest BCUT2D eigenvalue weighted by Crippen LogP contribution is -2.36. The first kappa shape index (κ1) is 18.4. The molecule has 8 nitrogen and oxygen atoms in total. The Labute approximate surface area is 163 Å². The van der Waals surface area contributed by atoms with E-state index in [9.17, 15) is 13.2 Å². The molecular weight excluding hydrogens is 378 g/mol. The Morgan fingerprint density at radius 1 is 1.07 bits per heavy atom. The zero-order chi connectivity index (χ0) is 19.6. The van der Waals surface area contributed by atoms with Crippen LogP contribution in [0.3, 0.4) is 0 Å². The predicted octanol–water partition coefficient (Wildman–Crippen LogP) is 2.59. The number of fused-ring (bicyclic) bond motifs is 1. The van der Waals surface area contributed by atoms with E-state index in [0.29, 0.717) is 11.2 Å². The fraction of sp³-hybridized carbons (Fsp3) is 0.316. The Balaban J connectivity index is 1.58. The van der Waals surface area contributed by atoms with Gasteiger partial charge in [-0.3, -0.25) is 9.52 Å². The van der Waals surface area contributed by atoms with Crippen LogP contribution in [0.2, 0.25) is 0 Å². The highest BCUT2D eigenvalue weighted by Gasteiger charge is 2.21. The normalized spacial score (nSPS) is 15.4.